The second-order valence-electron chi connectivity index (χ2n) is 4.45. The minimum atomic E-state index is 0.412. The summed E-state index contributed by atoms with van der Waals surface area (Å²) >= 11 is 5.94. The molecule has 0 aliphatic rings. The lowest BCUT2D eigenvalue weighted by atomic mass is 10.2. The minimum Gasteiger partial charge on any atom is -0.486 e. The molecule has 4 heteroatoms. The van der Waals surface area contributed by atoms with Gasteiger partial charge in [-0.2, -0.15) is 0 Å². The zero-order chi connectivity index (χ0) is 13.2. The van der Waals surface area contributed by atoms with Gasteiger partial charge in [0.1, 0.15) is 18.2 Å². The van der Waals surface area contributed by atoms with E-state index in [4.69, 9.17) is 16.3 Å². The number of H-pyrrole nitrogens is 1. The van der Waals surface area contributed by atoms with Crippen LogP contribution in [0.3, 0.4) is 0 Å². The van der Waals surface area contributed by atoms with E-state index in [2.05, 4.69) is 9.97 Å². The van der Waals surface area contributed by atoms with Gasteiger partial charge >= 0.3 is 0 Å². The third-order valence-corrected chi connectivity index (χ3v) is 3.12. The molecule has 2 aromatic carbocycles. The number of ether oxygens (including phenoxy) is 1. The third-order valence-electron chi connectivity index (χ3n) is 2.89. The first-order valence-electron chi connectivity index (χ1n) is 6.04. The van der Waals surface area contributed by atoms with Crippen LogP contribution in [0.2, 0.25) is 5.02 Å². The Labute approximate surface area is 116 Å². The van der Waals surface area contributed by atoms with Gasteiger partial charge in [0, 0.05) is 5.02 Å². The van der Waals surface area contributed by atoms with Crippen LogP contribution in [0, 0.1) is 6.92 Å². The van der Waals surface area contributed by atoms with Crippen molar-refractivity contribution in [3.05, 3.63) is 58.9 Å². The number of hydrogen-bond donors (Lipinski definition) is 1. The number of hydrogen-bond acceptors (Lipinski definition) is 2. The highest BCUT2D eigenvalue weighted by atomic mass is 35.5. The number of benzene rings is 2. The van der Waals surface area contributed by atoms with Gasteiger partial charge in [-0.3, -0.25) is 0 Å². The molecule has 0 bridgehead atoms. The fourth-order valence-electron chi connectivity index (χ4n) is 1.89. The summed E-state index contributed by atoms with van der Waals surface area (Å²) in [5.41, 5.74) is 3.03. The maximum Gasteiger partial charge on any atom is 0.146 e. The van der Waals surface area contributed by atoms with Crippen molar-refractivity contribution in [2.75, 3.05) is 0 Å². The molecule has 0 radical (unpaired) electrons. The van der Waals surface area contributed by atoms with Crippen molar-refractivity contribution in [1.29, 1.82) is 0 Å². The Kier molecular flexibility index (Phi) is 3.13. The van der Waals surface area contributed by atoms with Crippen molar-refractivity contribution in [2.24, 2.45) is 0 Å². The topological polar surface area (TPSA) is 37.9 Å². The van der Waals surface area contributed by atoms with Gasteiger partial charge in [0.15, 0.2) is 0 Å². The predicted molar refractivity (Wildman–Crippen MR) is 76.6 cm³/mol. The Morgan fingerprint density at radius 2 is 1.95 bits per heavy atom. The van der Waals surface area contributed by atoms with Gasteiger partial charge in [0.25, 0.3) is 0 Å². The zero-order valence-corrected chi connectivity index (χ0v) is 11.2. The molecular formula is C15H13ClN2O. The summed E-state index contributed by atoms with van der Waals surface area (Å²) in [6.45, 7) is 2.46. The van der Waals surface area contributed by atoms with Gasteiger partial charge in [-0.25, -0.2) is 4.98 Å². The number of imidazole rings is 1. The monoisotopic (exact) mass is 272 g/mol. The summed E-state index contributed by atoms with van der Waals surface area (Å²) in [5, 5.41) is 0.696. The maximum atomic E-state index is 5.94. The SMILES string of the molecule is Cc1ccc(OCc2nc3ccc(Cl)cc3[nH]2)cc1. The first-order chi connectivity index (χ1) is 9.20. The molecule has 3 rings (SSSR count). The molecule has 0 spiro atoms. The lowest BCUT2D eigenvalue weighted by Gasteiger charge is -2.03. The number of nitrogens with zero attached hydrogens (tertiary/aromatic N) is 1. The van der Waals surface area contributed by atoms with Crippen LogP contribution in [-0.4, -0.2) is 9.97 Å². The molecule has 0 aliphatic carbocycles. The largest absolute Gasteiger partial charge is 0.486 e. The summed E-state index contributed by atoms with van der Waals surface area (Å²) in [6.07, 6.45) is 0. The smallest absolute Gasteiger partial charge is 0.146 e. The number of aromatic nitrogens is 2. The van der Waals surface area contributed by atoms with Crippen molar-refractivity contribution in [3.8, 4) is 5.75 Å². The number of aryl methyl sites for hydroxylation is 1. The minimum absolute atomic E-state index is 0.412. The first kappa shape index (κ1) is 12.1. The van der Waals surface area contributed by atoms with E-state index in [1.807, 2.05) is 49.4 Å². The van der Waals surface area contributed by atoms with Gasteiger partial charge in [0.2, 0.25) is 0 Å². The molecule has 19 heavy (non-hydrogen) atoms. The highest BCUT2D eigenvalue weighted by Crippen LogP contribution is 2.18. The van der Waals surface area contributed by atoms with Crippen LogP contribution in [0.4, 0.5) is 0 Å². The second kappa shape index (κ2) is 4.94. The van der Waals surface area contributed by atoms with Gasteiger partial charge in [-0.1, -0.05) is 29.3 Å². The Hall–Kier alpha value is -2.00. The van der Waals surface area contributed by atoms with E-state index in [0.29, 0.717) is 11.6 Å². The normalized spacial score (nSPS) is 10.8. The first-order valence-corrected chi connectivity index (χ1v) is 6.42. The van der Waals surface area contributed by atoms with E-state index in [-0.39, 0.29) is 0 Å². The van der Waals surface area contributed by atoms with Crippen molar-refractivity contribution in [3.63, 3.8) is 0 Å². The molecular weight excluding hydrogens is 260 g/mol. The van der Waals surface area contributed by atoms with E-state index >= 15 is 0 Å². The average Bonchev–Trinajstić information content (AvgIpc) is 2.80. The van der Waals surface area contributed by atoms with Crippen molar-refractivity contribution >= 4 is 22.6 Å². The molecule has 0 atom stereocenters. The number of aromatic amines is 1. The molecule has 96 valence electrons. The molecule has 1 heterocycles. The number of fused-ring (bicyclic) bond motifs is 1. The number of nitrogens with one attached hydrogen (secondary N) is 1. The maximum absolute atomic E-state index is 5.94. The zero-order valence-electron chi connectivity index (χ0n) is 10.5. The predicted octanol–water partition coefficient (Wildman–Crippen LogP) is 4.10. The van der Waals surface area contributed by atoms with Crippen LogP contribution in [-0.2, 0) is 6.61 Å². The summed E-state index contributed by atoms with van der Waals surface area (Å²) in [5.74, 6) is 1.63. The highest BCUT2D eigenvalue weighted by Gasteiger charge is 2.04. The van der Waals surface area contributed by atoms with E-state index < -0.39 is 0 Å². The molecule has 3 aromatic rings. The van der Waals surface area contributed by atoms with Gasteiger partial charge in [0.05, 0.1) is 11.0 Å². The third kappa shape index (κ3) is 2.71. The Morgan fingerprint density at radius 3 is 2.74 bits per heavy atom. The Bertz CT molecular complexity index is 704. The van der Waals surface area contributed by atoms with Crippen LogP contribution in [0.1, 0.15) is 11.4 Å². The van der Waals surface area contributed by atoms with E-state index in [0.717, 1.165) is 22.6 Å². The molecule has 0 unspecified atom stereocenters. The van der Waals surface area contributed by atoms with Gasteiger partial charge in [-0.05, 0) is 37.3 Å². The van der Waals surface area contributed by atoms with Crippen LogP contribution < -0.4 is 4.74 Å². The quantitative estimate of drug-likeness (QED) is 0.779. The van der Waals surface area contributed by atoms with E-state index in [9.17, 15) is 0 Å². The molecule has 3 nitrogen and oxygen atoms in total. The van der Waals surface area contributed by atoms with Gasteiger partial charge < -0.3 is 9.72 Å². The summed E-state index contributed by atoms with van der Waals surface area (Å²) in [4.78, 5) is 7.64. The molecule has 0 fully saturated rings. The highest BCUT2D eigenvalue weighted by molar-refractivity contribution is 6.31. The fourth-order valence-corrected chi connectivity index (χ4v) is 2.06. The van der Waals surface area contributed by atoms with Crippen molar-refractivity contribution in [2.45, 2.75) is 13.5 Å². The standard InChI is InChI=1S/C15H13ClN2O/c1-10-2-5-12(6-3-10)19-9-15-17-13-7-4-11(16)8-14(13)18-15/h2-8H,9H2,1H3,(H,17,18). The average molecular weight is 273 g/mol. The molecule has 1 N–H and O–H groups in total. The summed E-state index contributed by atoms with van der Waals surface area (Å²) < 4.78 is 5.68. The van der Waals surface area contributed by atoms with Crippen LogP contribution >= 0.6 is 11.6 Å². The van der Waals surface area contributed by atoms with Gasteiger partial charge in [-0.15, -0.1) is 0 Å². The second-order valence-corrected chi connectivity index (χ2v) is 4.88. The Balaban J connectivity index is 1.76. The molecule has 0 saturated carbocycles. The molecule has 0 saturated heterocycles. The van der Waals surface area contributed by atoms with Crippen LogP contribution in [0.5, 0.6) is 5.75 Å². The van der Waals surface area contributed by atoms with E-state index in [1.165, 1.54) is 5.56 Å². The molecule has 0 aliphatic heterocycles. The summed E-state index contributed by atoms with van der Waals surface area (Å²) in [7, 11) is 0. The lowest BCUT2D eigenvalue weighted by Crippen LogP contribution is -1.97. The molecule has 1 aromatic heterocycles. The number of halogens is 1. The Morgan fingerprint density at radius 1 is 1.16 bits per heavy atom. The lowest BCUT2D eigenvalue weighted by molar-refractivity contribution is 0.297. The van der Waals surface area contributed by atoms with E-state index in [1.54, 1.807) is 0 Å². The van der Waals surface area contributed by atoms with Crippen molar-refractivity contribution < 1.29 is 4.74 Å². The van der Waals surface area contributed by atoms with Crippen LogP contribution in [0.15, 0.2) is 42.5 Å². The fraction of sp³-hybridized carbons (Fsp3) is 0.133. The van der Waals surface area contributed by atoms with Crippen molar-refractivity contribution in [1.82, 2.24) is 9.97 Å². The van der Waals surface area contributed by atoms with Crippen LogP contribution in [0.25, 0.3) is 11.0 Å². The molecule has 0 amide bonds. The summed E-state index contributed by atoms with van der Waals surface area (Å²) in [6, 6.07) is 13.5. The number of rotatable bonds is 3.